The van der Waals surface area contributed by atoms with Gasteiger partial charge in [-0.05, 0) is 17.2 Å². The molecular weight excluding hydrogens is 376 g/mol. The van der Waals surface area contributed by atoms with Crippen molar-refractivity contribution in [2.24, 2.45) is 0 Å². The second-order valence-electron chi connectivity index (χ2n) is 4.68. The van der Waals surface area contributed by atoms with Crippen LogP contribution in [0.25, 0.3) is 6.08 Å². The molecule has 0 aromatic heterocycles. The third kappa shape index (κ3) is 2.80. The number of fused-ring (bicyclic) bond motifs is 1. The molecule has 1 aromatic rings. The highest BCUT2D eigenvalue weighted by Gasteiger charge is 2.62. The monoisotopic (exact) mass is 386 g/mol. The molecule has 0 bridgehead atoms. The van der Waals surface area contributed by atoms with E-state index in [-0.39, 0.29) is 5.56 Å². The molecule has 0 aliphatic heterocycles. The Morgan fingerprint density at radius 1 is 0.913 bits per heavy atom. The minimum atomic E-state index is -5.82. The van der Waals surface area contributed by atoms with Gasteiger partial charge in [-0.25, -0.2) is 0 Å². The average Bonchev–Trinajstić information content (AvgIpc) is 2.33. The van der Waals surface area contributed by atoms with Gasteiger partial charge in [-0.15, -0.1) is 0 Å². The summed E-state index contributed by atoms with van der Waals surface area (Å²) in [7, 11) is -16.7. The molecule has 0 fully saturated rings. The molecular formula is C10H10O10S3. The molecule has 10 nitrogen and oxygen atoms in total. The first-order valence-electron chi connectivity index (χ1n) is 5.65. The maximum atomic E-state index is 11.6. The van der Waals surface area contributed by atoms with Crippen LogP contribution in [0.5, 0.6) is 0 Å². The molecule has 1 aromatic carbocycles. The fourth-order valence-corrected chi connectivity index (χ4v) is 6.33. The summed E-state index contributed by atoms with van der Waals surface area (Å²) in [4.78, 5) is -5.73. The van der Waals surface area contributed by atoms with Gasteiger partial charge in [0.25, 0.3) is 25.2 Å². The summed E-state index contributed by atoms with van der Waals surface area (Å²) in [5, 5.41) is 7.47. The van der Waals surface area contributed by atoms with Crippen molar-refractivity contribution < 1.29 is 44.0 Å². The van der Waals surface area contributed by atoms with Crippen LogP contribution < -0.4 is 0 Å². The highest BCUT2D eigenvalue weighted by molar-refractivity contribution is 7.95. The van der Waals surface area contributed by atoms with Crippen LogP contribution in [0.15, 0.2) is 29.2 Å². The highest BCUT2D eigenvalue weighted by atomic mass is 32.2. The molecule has 4 N–H and O–H groups in total. The molecule has 0 radical (unpaired) electrons. The summed E-state index contributed by atoms with van der Waals surface area (Å²) in [6.07, 6.45) is 0.486. The van der Waals surface area contributed by atoms with Gasteiger partial charge in [0.15, 0.2) is 5.25 Å². The standard InChI is InChI=1S/C10H10O10S3/c11-10(23(18,19)20)8(21(12,13)14)5-6-3-1-2-4-7(6)9(10)22(15,16)17/h1-5,9,11H,(H,12,13,14)(H,15,16,17)(H,18,19,20). The lowest BCUT2D eigenvalue weighted by molar-refractivity contribution is 0.144. The zero-order valence-corrected chi connectivity index (χ0v) is 13.4. The van der Waals surface area contributed by atoms with E-state index >= 15 is 0 Å². The van der Waals surface area contributed by atoms with Crippen molar-refractivity contribution in [3.05, 3.63) is 40.3 Å². The van der Waals surface area contributed by atoms with Crippen molar-refractivity contribution in [3.63, 3.8) is 0 Å². The van der Waals surface area contributed by atoms with Crippen molar-refractivity contribution in [2.45, 2.75) is 10.2 Å². The SMILES string of the molecule is O=S(=O)(O)C1=Cc2ccccc2C(S(=O)(=O)O)C1(O)S(=O)(=O)O. The van der Waals surface area contributed by atoms with E-state index in [1.165, 1.54) is 12.1 Å². The molecule has 0 spiro atoms. The number of hydrogen-bond donors (Lipinski definition) is 4. The van der Waals surface area contributed by atoms with Gasteiger partial charge in [0, 0.05) is 0 Å². The number of benzene rings is 1. The number of rotatable bonds is 3. The zero-order valence-electron chi connectivity index (χ0n) is 10.9. The van der Waals surface area contributed by atoms with E-state index in [4.69, 9.17) is 4.55 Å². The lowest BCUT2D eigenvalue weighted by atomic mass is 9.94. The van der Waals surface area contributed by atoms with Crippen LogP contribution in [0.1, 0.15) is 16.4 Å². The van der Waals surface area contributed by atoms with E-state index in [9.17, 15) is 39.5 Å². The molecule has 2 unspecified atom stereocenters. The van der Waals surface area contributed by atoms with E-state index in [1.54, 1.807) is 0 Å². The lowest BCUT2D eigenvalue weighted by Crippen LogP contribution is -2.52. The van der Waals surface area contributed by atoms with Crippen LogP contribution in [0.2, 0.25) is 0 Å². The van der Waals surface area contributed by atoms with E-state index < -0.39 is 51.0 Å². The fraction of sp³-hybridized carbons (Fsp3) is 0.200. The first-order valence-corrected chi connectivity index (χ1v) is 10.0. The highest BCUT2D eigenvalue weighted by Crippen LogP contribution is 2.48. The van der Waals surface area contributed by atoms with Crippen molar-refractivity contribution in [3.8, 4) is 0 Å². The third-order valence-electron chi connectivity index (χ3n) is 3.24. The van der Waals surface area contributed by atoms with Gasteiger partial charge in [-0.1, -0.05) is 24.3 Å². The smallest absolute Gasteiger partial charge is 0.302 e. The Morgan fingerprint density at radius 2 is 1.43 bits per heavy atom. The van der Waals surface area contributed by atoms with Gasteiger partial charge >= 0.3 is 10.1 Å². The lowest BCUT2D eigenvalue weighted by Gasteiger charge is -2.35. The van der Waals surface area contributed by atoms with Gasteiger partial charge in [-0.2, -0.15) is 25.3 Å². The molecule has 0 saturated heterocycles. The molecule has 0 heterocycles. The van der Waals surface area contributed by atoms with Crippen LogP contribution in [0.3, 0.4) is 0 Å². The Bertz CT molecular complexity index is 1000. The van der Waals surface area contributed by atoms with Crippen LogP contribution in [-0.4, -0.2) is 49.0 Å². The van der Waals surface area contributed by atoms with E-state index in [1.807, 2.05) is 0 Å². The van der Waals surface area contributed by atoms with Crippen LogP contribution in [0.4, 0.5) is 0 Å². The maximum absolute atomic E-state index is 11.6. The molecule has 0 saturated carbocycles. The van der Waals surface area contributed by atoms with Crippen LogP contribution >= 0.6 is 0 Å². The summed E-state index contributed by atoms with van der Waals surface area (Å²) < 4.78 is 96.8. The second kappa shape index (κ2) is 5.07. The van der Waals surface area contributed by atoms with Crippen molar-refractivity contribution in [1.29, 1.82) is 0 Å². The van der Waals surface area contributed by atoms with E-state index in [0.29, 0.717) is 6.08 Å². The van der Waals surface area contributed by atoms with Gasteiger partial charge < -0.3 is 5.11 Å². The predicted octanol–water partition coefficient (Wildman–Crippen LogP) is -0.566. The largest absolute Gasteiger partial charge is 0.367 e. The maximum Gasteiger partial charge on any atom is 0.302 e. The average molecular weight is 386 g/mol. The molecule has 0 amide bonds. The Balaban J connectivity index is 3.09. The van der Waals surface area contributed by atoms with Crippen molar-refractivity contribution in [1.82, 2.24) is 0 Å². The number of hydrogen-bond acceptors (Lipinski definition) is 7. The Hall–Kier alpha value is -1.35. The second-order valence-corrected chi connectivity index (χ2v) is 9.14. The first-order chi connectivity index (χ1) is 10.2. The third-order valence-corrected chi connectivity index (χ3v) is 6.94. The van der Waals surface area contributed by atoms with Gasteiger partial charge in [-0.3, -0.25) is 13.7 Å². The van der Waals surface area contributed by atoms with Gasteiger partial charge in [0.2, 0.25) is 0 Å². The summed E-state index contributed by atoms with van der Waals surface area (Å²) in [6.45, 7) is 0. The van der Waals surface area contributed by atoms with Crippen LogP contribution in [0, 0.1) is 0 Å². The predicted molar refractivity (Wildman–Crippen MR) is 76.8 cm³/mol. The molecule has 1 aliphatic carbocycles. The topological polar surface area (TPSA) is 183 Å². The molecule has 1 aliphatic rings. The van der Waals surface area contributed by atoms with Crippen molar-refractivity contribution >= 4 is 36.4 Å². The molecule has 128 valence electrons. The minimum Gasteiger partial charge on any atom is -0.367 e. The normalized spacial score (nSPS) is 25.6. The van der Waals surface area contributed by atoms with Crippen molar-refractivity contribution in [2.75, 3.05) is 0 Å². The first kappa shape index (κ1) is 18.0. The molecule has 2 atom stereocenters. The molecule has 13 heteroatoms. The number of aliphatic hydroxyl groups is 1. The minimum absolute atomic E-state index is 0.198. The Labute approximate surface area is 131 Å². The fourth-order valence-electron chi connectivity index (χ4n) is 2.35. The van der Waals surface area contributed by atoms with Crippen LogP contribution in [-0.2, 0) is 30.4 Å². The Morgan fingerprint density at radius 3 is 1.87 bits per heavy atom. The summed E-state index contributed by atoms with van der Waals surface area (Å²) in [5.41, 5.74) is -0.682. The van der Waals surface area contributed by atoms with E-state index in [0.717, 1.165) is 12.1 Å². The van der Waals surface area contributed by atoms with Gasteiger partial charge in [0.05, 0.1) is 0 Å². The Kier molecular flexibility index (Phi) is 3.97. The molecule has 23 heavy (non-hydrogen) atoms. The van der Waals surface area contributed by atoms with E-state index in [2.05, 4.69) is 0 Å². The molecule has 2 rings (SSSR count). The summed E-state index contributed by atoms with van der Waals surface area (Å²) in [6, 6.07) is 4.72. The van der Waals surface area contributed by atoms with Gasteiger partial charge in [0.1, 0.15) is 4.91 Å². The quantitative estimate of drug-likeness (QED) is 0.491. The summed E-state index contributed by atoms with van der Waals surface area (Å²) >= 11 is 0. The summed E-state index contributed by atoms with van der Waals surface area (Å²) in [5.74, 6) is 0. The zero-order chi connectivity index (χ0) is 17.8.